The number of hydrogen-bond acceptors (Lipinski definition) is 4. The SMILES string of the molecule is CC1(C)OB(c2cc(CO)c3cnn(Cc4ccccc4)c3c2)OC1(C)C. The molecule has 27 heavy (non-hydrogen) atoms. The molecule has 6 heteroatoms. The van der Waals surface area contributed by atoms with Crippen molar-refractivity contribution in [1.29, 1.82) is 0 Å². The van der Waals surface area contributed by atoms with Crippen molar-refractivity contribution in [2.24, 2.45) is 0 Å². The molecule has 0 unspecified atom stereocenters. The monoisotopic (exact) mass is 364 g/mol. The third kappa shape index (κ3) is 3.18. The highest BCUT2D eigenvalue weighted by Gasteiger charge is 2.51. The zero-order chi connectivity index (χ0) is 19.2. The highest BCUT2D eigenvalue weighted by atomic mass is 16.7. The lowest BCUT2D eigenvalue weighted by atomic mass is 9.78. The molecule has 4 rings (SSSR count). The third-order valence-corrected chi connectivity index (χ3v) is 5.74. The summed E-state index contributed by atoms with van der Waals surface area (Å²) < 4.78 is 14.4. The normalized spacial score (nSPS) is 18.3. The molecule has 2 heterocycles. The van der Waals surface area contributed by atoms with Gasteiger partial charge in [-0.1, -0.05) is 36.4 Å². The van der Waals surface area contributed by atoms with Gasteiger partial charge in [-0.25, -0.2) is 0 Å². The van der Waals surface area contributed by atoms with Crippen molar-refractivity contribution in [2.45, 2.75) is 52.0 Å². The maximum atomic E-state index is 9.89. The molecule has 1 aliphatic rings. The van der Waals surface area contributed by atoms with Crippen LogP contribution in [0.5, 0.6) is 0 Å². The Morgan fingerprint density at radius 1 is 1.04 bits per heavy atom. The number of aromatic nitrogens is 2. The van der Waals surface area contributed by atoms with Crippen molar-refractivity contribution in [3.63, 3.8) is 0 Å². The first kappa shape index (κ1) is 18.2. The molecule has 0 bridgehead atoms. The number of rotatable bonds is 4. The van der Waals surface area contributed by atoms with Crippen LogP contribution in [0, 0.1) is 0 Å². The van der Waals surface area contributed by atoms with Crippen LogP contribution in [-0.4, -0.2) is 33.2 Å². The smallest absolute Gasteiger partial charge is 0.399 e. The molecule has 1 saturated heterocycles. The van der Waals surface area contributed by atoms with Gasteiger partial charge < -0.3 is 14.4 Å². The van der Waals surface area contributed by atoms with E-state index in [1.165, 1.54) is 5.56 Å². The predicted octanol–water partition coefficient (Wildman–Crippen LogP) is 2.88. The van der Waals surface area contributed by atoms with Crippen molar-refractivity contribution in [3.05, 3.63) is 59.8 Å². The van der Waals surface area contributed by atoms with Crippen LogP contribution in [-0.2, 0) is 22.5 Å². The third-order valence-electron chi connectivity index (χ3n) is 5.74. The fourth-order valence-electron chi connectivity index (χ4n) is 3.40. The zero-order valence-corrected chi connectivity index (χ0v) is 16.3. The Hall–Kier alpha value is -2.15. The number of fused-ring (bicyclic) bond motifs is 1. The molecular formula is C21H25BN2O3. The summed E-state index contributed by atoms with van der Waals surface area (Å²) in [5, 5.41) is 15.4. The number of aliphatic hydroxyl groups excluding tert-OH is 1. The Morgan fingerprint density at radius 2 is 1.70 bits per heavy atom. The molecule has 0 aliphatic carbocycles. The van der Waals surface area contributed by atoms with E-state index in [0.29, 0.717) is 6.54 Å². The van der Waals surface area contributed by atoms with Crippen LogP contribution in [0.2, 0.25) is 0 Å². The zero-order valence-electron chi connectivity index (χ0n) is 16.3. The fraction of sp³-hybridized carbons (Fsp3) is 0.381. The fourth-order valence-corrected chi connectivity index (χ4v) is 3.40. The molecule has 0 radical (unpaired) electrons. The van der Waals surface area contributed by atoms with Gasteiger partial charge in [0.05, 0.1) is 36.1 Å². The molecule has 5 nitrogen and oxygen atoms in total. The first-order valence-corrected chi connectivity index (χ1v) is 9.29. The van der Waals surface area contributed by atoms with E-state index < -0.39 is 18.3 Å². The topological polar surface area (TPSA) is 56.5 Å². The summed E-state index contributed by atoms with van der Waals surface area (Å²) in [6.07, 6.45) is 1.82. The van der Waals surface area contributed by atoms with Gasteiger partial charge in [0.25, 0.3) is 0 Å². The summed E-state index contributed by atoms with van der Waals surface area (Å²) in [7, 11) is -0.468. The lowest BCUT2D eigenvalue weighted by molar-refractivity contribution is 0.00578. The minimum Gasteiger partial charge on any atom is -0.399 e. The molecule has 0 amide bonds. The van der Waals surface area contributed by atoms with E-state index in [2.05, 4.69) is 23.3 Å². The Kier molecular flexibility index (Phi) is 4.37. The van der Waals surface area contributed by atoms with Gasteiger partial charge >= 0.3 is 7.12 Å². The summed E-state index contributed by atoms with van der Waals surface area (Å²) in [5.74, 6) is 0. The van der Waals surface area contributed by atoms with Crippen LogP contribution in [0.25, 0.3) is 10.9 Å². The van der Waals surface area contributed by atoms with E-state index in [9.17, 15) is 5.11 Å². The van der Waals surface area contributed by atoms with E-state index in [1.54, 1.807) is 0 Å². The Balaban J connectivity index is 1.76. The minimum atomic E-state index is -0.468. The molecule has 0 spiro atoms. The lowest BCUT2D eigenvalue weighted by Gasteiger charge is -2.32. The van der Waals surface area contributed by atoms with Crippen molar-refractivity contribution in [1.82, 2.24) is 9.78 Å². The maximum absolute atomic E-state index is 9.89. The second-order valence-corrected chi connectivity index (χ2v) is 8.15. The van der Waals surface area contributed by atoms with Gasteiger partial charge in [-0.3, -0.25) is 4.68 Å². The van der Waals surface area contributed by atoms with Gasteiger partial charge in [0.15, 0.2) is 0 Å². The number of nitrogens with zero attached hydrogens (tertiary/aromatic N) is 2. The molecule has 1 fully saturated rings. The van der Waals surface area contributed by atoms with Crippen LogP contribution in [0.3, 0.4) is 0 Å². The molecule has 1 aromatic heterocycles. The molecule has 1 N–H and O–H groups in total. The Morgan fingerprint density at radius 3 is 2.33 bits per heavy atom. The van der Waals surface area contributed by atoms with E-state index in [4.69, 9.17) is 9.31 Å². The molecule has 140 valence electrons. The summed E-state index contributed by atoms with van der Waals surface area (Å²) in [5.41, 5.74) is 3.06. The largest absolute Gasteiger partial charge is 0.494 e. The molecular weight excluding hydrogens is 339 g/mol. The molecule has 0 atom stereocenters. The van der Waals surface area contributed by atoms with Gasteiger partial charge in [0.2, 0.25) is 0 Å². The summed E-state index contributed by atoms with van der Waals surface area (Å²) in [6.45, 7) is 8.77. The van der Waals surface area contributed by atoms with E-state index in [1.807, 2.05) is 62.8 Å². The summed E-state index contributed by atoms with van der Waals surface area (Å²) in [4.78, 5) is 0. The molecule has 3 aromatic rings. The van der Waals surface area contributed by atoms with Crippen LogP contribution >= 0.6 is 0 Å². The van der Waals surface area contributed by atoms with Crippen molar-refractivity contribution in [2.75, 3.05) is 0 Å². The first-order valence-electron chi connectivity index (χ1n) is 9.29. The molecule has 2 aromatic carbocycles. The van der Waals surface area contributed by atoms with Gasteiger partial charge in [0, 0.05) is 5.39 Å². The van der Waals surface area contributed by atoms with E-state index >= 15 is 0 Å². The number of hydrogen-bond donors (Lipinski definition) is 1. The second-order valence-electron chi connectivity index (χ2n) is 8.15. The lowest BCUT2D eigenvalue weighted by Crippen LogP contribution is -2.41. The Labute approximate surface area is 160 Å². The standard InChI is InChI=1S/C21H25BN2O3/c1-20(2)21(3,4)27-22(26-20)17-10-16(14-25)18-12-23-24(19(18)11-17)13-15-8-6-5-7-9-15/h5-12,25H,13-14H2,1-4H3. The van der Waals surface area contributed by atoms with Crippen LogP contribution in [0.15, 0.2) is 48.7 Å². The van der Waals surface area contributed by atoms with Crippen LogP contribution in [0.1, 0.15) is 38.8 Å². The average Bonchev–Trinajstić information content (AvgIpc) is 3.13. The highest BCUT2D eigenvalue weighted by molar-refractivity contribution is 6.62. The van der Waals surface area contributed by atoms with Crippen LogP contribution in [0.4, 0.5) is 0 Å². The average molecular weight is 364 g/mol. The van der Waals surface area contributed by atoms with Gasteiger partial charge in [-0.15, -0.1) is 0 Å². The molecule has 0 saturated carbocycles. The van der Waals surface area contributed by atoms with E-state index in [-0.39, 0.29) is 6.61 Å². The maximum Gasteiger partial charge on any atom is 0.494 e. The first-order chi connectivity index (χ1) is 12.8. The number of aliphatic hydroxyl groups is 1. The Bertz CT molecular complexity index is 950. The second kappa shape index (κ2) is 6.48. The van der Waals surface area contributed by atoms with Crippen LogP contribution < -0.4 is 5.46 Å². The van der Waals surface area contributed by atoms with Gasteiger partial charge in [-0.05, 0) is 50.4 Å². The van der Waals surface area contributed by atoms with Crippen molar-refractivity contribution >= 4 is 23.5 Å². The summed E-state index contributed by atoms with van der Waals surface area (Å²) in [6, 6.07) is 14.2. The van der Waals surface area contributed by atoms with Gasteiger partial charge in [0.1, 0.15) is 0 Å². The van der Waals surface area contributed by atoms with E-state index in [0.717, 1.165) is 21.9 Å². The quantitative estimate of drug-likeness (QED) is 0.724. The predicted molar refractivity (Wildman–Crippen MR) is 107 cm³/mol. The molecule has 1 aliphatic heterocycles. The minimum absolute atomic E-state index is 0.0547. The number of benzene rings is 2. The van der Waals surface area contributed by atoms with Gasteiger partial charge in [-0.2, -0.15) is 5.10 Å². The van der Waals surface area contributed by atoms with Crippen molar-refractivity contribution in [3.8, 4) is 0 Å². The highest BCUT2D eigenvalue weighted by Crippen LogP contribution is 2.36. The summed E-state index contributed by atoms with van der Waals surface area (Å²) >= 11 is 0. The van der Waals surface area contributed by atoms with Crippen molar-refractivity contribution < 1.29 is 14.4 Å².